The van der Waals surface area contributed by atoms with Gasteiger partial charge in [-0.3, -0.25) is 4.79 Å². The largest absolute Gasteiger partial charge is 0.366 e. The lowest BCUT2D eigenvalue weighted by Gasteiger charge is -1.69. The highest BCUT2D eigenvalue weighted by Gasteiger charge is 1.69. The maximum atomic E-state index is 9.47. The average Bonchev–Trinajstić information content (AvgIpc) is 2.91. The third kappa shape index (κ3) is 11.6. The zero-order chi connectivity index (χ0) is 12.1. The Labute approximate surface area is 94.8 Å². The molecule has 0 saturated carbocycles. The van der Waals surface area contributed by atoms with E-state index in [0.29, 0.717) is 0 Å². The average molecular weight is 217 g/mol. The summed E-state index contributed by atoms with van der Waals surface area (Å²) >= 11 is 0. The Hall–Kier alpha value is -2.36. The van der Waals surface area contributed by atoms with E-state index < -0.39 is 5.91 Å². The van der Waals surface area contributed by atoms with Crippen LogP contribution in [0.25, 0.3) is 0 Å². The first kappa shape index (κ1) is 13.6. The van der Waals surface area contributed by atoms with Gasteiger partial charge >= 0.3 is 0 Å². The van der Waals surface area contributed by atoms with Crippen molar-refractivity contribution in [1.29, 1.82) is 0 Å². The lowest BCUT2D eigenvalue weighted by molar-refractivity contribution is -0.113. The van der Waals surface area contributed by atoms with Crippen LogP contribution < -0.4 is 5.73 Å². The number of aromatic amines is 1. The summed E-state index contributed by atoms with van der Waals surface area (Å²) < 4.78 is 0. The number of H-pyrrole nitrogens is 1. The minimum Gasteiger partial charge on any atom is -0.366 e. The van der Waals surface area contributed by atoms with Crippen molar-refractivity contribution in [2.24, 2.45) is 5.73 Å². The van der Waals surface area contributed by atoms with E-state index >= 15 is 0 Å². The van der Waals surface area contributed by atoms with Gasteiger partial charge in [0.15, 0.2) is 0 Å². The van der Waals surface area contributed by atoms with Crippen molar-refractivity contribution in [3.8, 4) is 0 Å². The number of carbonyl (C=O) groups excluding carboxylic acids is 1. The normalized spacial score (nSPS) is 7.50. The Morgan fingerprint density at radius 1 is 1.19 bits per heavy atom. The zero-order valence-corrected chi connectivity index (χ0v) is 8.91. The molecule has 0 saturated heterocycles. The lowest BCUT2D eigenvalue weighted by Crippen LogP contribution is -2.04. The fourth-order valence-electron chi connectivity index (χ4n) is 0.600. The van der Waals surface area contributed by atoms with Gasteiger partial charge < -0.3 is 10.7 Å². The number of benzene rings is 1. The van der Waals surface area contributed by atoms with Crippen molar-refractivity contribution in [1.82, 2.24) is 9.97 Å². The summed E-state index contributed by atoms with van der Waals surface area (Å²) in [5, 5.41) is 0. The smallest absolute Gasteiger partial charge is 0.240 e. The first-order valence-electron chi connectivity index (χ1n) is 4.62. The van der Waals surface area contributed by atoms with Crippen molar-refractivity contribution in [2.45, 2.75) is 0 Å². The second kappa shape index (κ2) is 10.7. The van der Waals surface area contributed by atoms with Gasteiger partial charge in [-0.05, 0) is 6.08 Å². The SMILES string of the molecule is C=CC(N)=O.c1c[nH]cn1.c1ccccc1. The molecule has 0 atom stereocenters. The summed E-state index contributed by atoms with van der Waals surface area (Å²) in [7, 11) is 0. The Morgan fingerprint density at radius 2 is 1.62 bits per heavy atom. The molecule has 0 spiro atoms. The highest BCUT2D eigenvalue weighted by atomic mass is 16.1. The number of rotatable bonds is 1. The van der Waals surface area contributed by atoms with Crippen LogP contribution in [-0.2, 0) is 4.79 Å². The van der Waals surface area contributed by atoms with E-state index in [0.717, 1.165) is 6.08 Å². The molecular weight excluding hydrogens is 202 g/mol. The number of amides is 1. The fraction of sp³-hybridized carbons (Fsp3) is 0. The van der Waals surface area contributed by atoms with Crippen LogP contribution in [0, 0.1) is 0 Å². The van der Waals surface area contributed by atoms with Gasteiger partial charge in [0.25, 0.3) is 0 Å². The number of primary amides is 1. The molecule has 0 aliphatic heterocycles. The topological polar surface area (TPSA) is 71.8 Å². The standard InChI is InChI=1S/C6H6.C3H4N2.C3H5NO/c1-2-4-6-5-3-1;1-2-5-3-4-1;1-2-3(4)5/h1-6H;1-3H,(H,4,5);2H,1H2,(H2,4,5). The Morgan fingerprint density at radius 3 is 1.75 bits per heavy atom. The first-order valence-corrected chi connectivity index (χ1v) is 4.62. The number of nitrogens with one attached hydrogen (secondary N) is 1. The summed E-state index contributed by atoms with van der Waals surface area (Å²) in [5.74, 6) is -0.481. The molecule has 4 heteroatoms. The highest BCUT2D eigenvalue weighted by molar-refractivity contribution is 5.84. The Kier molecular flexibility index (Phi) is 9.14. The van der Waals surface area contributed by atoms with Crippen molar-refractivity contribution < 1.29 is 4.79 Å². The van der Waals surface area contributed by atoms with Crippen LogP contribution in [0.3, 0.4) is 0 Å². The second-order valence-corrected chi connectivity index (χ2v) is 2.52. The zero-order valence-electron chi connectivity index (χ0n) is 8.91. The van der Waals surface area contributed by atoms with E-state index in [2.05, 4.69) is 22.3 Å². The molecule has 0 radical (unpaired) electrons. The number of nitrogens with two attached hydrogens (primary N) is 1. The number of nitrogens with zero attached hydrogens (tertiary/aromatic N) is 1. The van der Waals surface area contributed by atoms with Gasteiger partial charge in [-0.1, -0.05) is 43.0 Å². The third-order valence-electron chi connectivity index (χ3n) is 1.27. The van der Waals surface area contributed by atoms with Gasteiger partial charge in [0.05, 0.1) is 6.33 Å². The van der Waals surface area contributed by atoms with Crippen LogP contribution in [-0.4, -0.2) is 15.9 Å². The van der Waals surface area contributed by atoms with Crippen LogP contribution in [0.15, 0.2) is 67.8 Å². The van der Waals surface area contributed by atoms with Crippen molar-refractivity contribution in [3.05, 3.63) is 67.8 Å². The minimum atomic E-state index is -0.481. The number of hydrogen-bond donors (Lipinski definition) is 2. The van der Waals surface area contributed by atoms with Gasteiger partial charge in [0.1, 0.15) is 0 Å². The van der Waals surface area contributed by atoms with Crippen molar-refractivity contribution >= 4 is 5.91 Å². The summed E-state index contributed by atoms with van der Waals surface area (Å²) in [6, 6.07) is 12.0. The maximum Gasteiger partial charge on any atom is 0.240 e. The molecule has 3 N–H and O–H groups in total. The maximum absolute atomic E-state index is 9.47. The summed E-state index contributed by atoms with van der Waals surface area (Å²) in [6.07, 6.45) is 6.14. The molecule has 4 nitrogen and oxygen atoms in total. The number of carbonyl (C=O) groups is 1. The molecular formula is C12H15N3O. The van der Waals surface area contributed by atoms with E-state index in [1.165, 1.54) is 0 Å². The molecule has 0 aliphatic carbocycles. The molecule has 0 aliphatic rings. The first-order chi connectivity index (χ1) is 7.77. The molecule has 1 aromatic heterocycles. The van der Waals surface area contributed by atoms with Crippen molar-refractivity contribution in [2.75, 3.05) is 0 Å². The molecule has 1 amide bonds. The number of hydrogen-bond acceptors (Lipinski definition) is 2. The van der Waals surface area contributed by atoms with Crippen LogP contribution in [0.5, 0.6) is 0 Å². The van der Waals surface area contributed by atoms with Gasteiger partial charge in [0, 0.05) is 12.4 Å². The fourth-order valence-corrected chi connectivity index (χ4v) is 0.600. The molecule has 2 rings (SSSR count). The van der Waals surface area contributed by atoms with E-state index in [9.17, 15) is 4.79 Å². The van der Waals surface area contributed by atoms with E-state index in [1.54, 1.807) is 18.7 Å². The monoisotopic (exact) mass is 217 g/mol. The third-order valence-corrected chi connectivity index (χ3v) is 1.27. The Bertz CT molecular complexity index is 313. The van der Waals surface area contributed by atoms with Gasteiger partial charge in [-0.15, -0.1) is 0 Å². The minimum absolute atomic E-state index is 0.481. The number of aromatic nitrogens is 2. The van der Waals surface area contributed by atoms with Crippen LogP contribution in [0.2, 0.25) is 0 Å². The quantitative estimate of drug-likeness (QED) is 0.714. The molecule has 84 valence electrons. The van der Waals surface area contributed by atoms with E-state index in [4.69, 9.17) is 0 Å². The molecule has 0 fully saturated rings. The van der Waals surface area contributed by atoms with Gasteiger partial charge in [0.2, 0.25) is 5.91 Å². The predicted octanol–water partition coefficient (Wildman–Crippen LogP) is 1.75. The van der Waals surface area contributed by atoms with Crippen molar-refractivity contribution in [3.63, 3.8) is 0 Å². The molecule has 16 heavy (non-hydrogen) atoms. The summed E-state index contributed by atoms with van der Waals surface area (Å²) in [6.45, 7) is 3.09. The van der Waals surface area contributed by atoms with Crippen LogP contribution >= 0.6 is 0 Å². The van der Waals surface area contributed by atoms with Crippen LogP contribution in [0.1, 0.15) is 0 Å². The number of imidazole rings is 1. The highest BCUT2D eigenvalue weighted by Crippen LogP contribution is 1.79. The molecule has 1 heterocycles. The Balaban J connectivity index is 0.000000213. The summed E-state index contributed by atoms with van der Waals surface area (Å²) in [4.78, 5) is 15.9. The summed E-state index contributed by atoms with van der Waals surface area (Å²) in [5.41, 5.74) is 4.53. The molecule has 0 unspecified atom stereocenters. The van der Waals surface area contributed by atoms with Crippen LogP contribution in [0.4, 0.5) is 0 Å². The predicted molar refractivity (Wildman–Crippen MR) is 64.4 cm³/mol. The van der Waals surface area contributed by atoms with E-state index in [-0.39, 0.29) is 0 Å². The second-order valence-electron chi connectivity index (χ2n) is 2.52. The van der Waals surface area contributed by atoms with Gasteiger partial charge in [-0.2, -0.15) is 0 Å². The molecule has 1 aromatic carbocycles. The molecule has 2 aromatic rings. The molecule has 0 bridgehead atoms. The van der Waals surface area contributed by atoms with E-state index in [1.807, 2.05) is 36.4 Å². The van der Waals surface area contributed by atoms with Gasteiger partial charge in [-0.25, -0.2) is 4.98 Å². The lowest BCUT2D eigenvalue weighted by atomic mass is 10.4.